The largest absolute Gasteiger partial charge is 0.381 e. The lowest BCUT2D eigenvalue weighted by molar-refractivity contribution is 0.0389. The van der Waals surface area contributed by atoms with Gasteiger partial charge >= 0.3 is 0 Å². The van der Waals surface area contributed by atoms with E-state index in [1.54, 1.807) is 6.07 Å². The minimum atomic E-state index is -0.0577. The van der Waals surface area contributed by atoms with E-state index in [4.69, 9.17) is 10.00 Å². The van der Waals surface area contributed by atoms with Crippen LogP contribution in [0.1, 0.15) is 37.1 Å². The molecular weight excluding hydrogens is 312 g/mol. The third-order valence-corrected chi connectivity index (χ3v) is 4.74. The molecule has 1 aliphatic rings. The van der Waals surface area contributed by atoms with E-state index in [0.717, 1.165) is 38.4 Å². The Morgan fingerprint density at radius 2 is 1.92 bits per heavy atom. The average Bonchev–Trinajstić information content (AvgIpc) is 2.68. The van der Waals surface area contributed by atoms with Gasteiger partial charge in [-0.2, -0.15) is 5.26 Å². The summed E-state index contributed by atoms with van der Waals surface area (Å²) >= 11 is 0. The summed E-state index contributed by atoms with van der Waals surface area (Å²) in [6, 6.07) is 18.3. The van der Waals surface area contributed by atoms with Crippen molar-refractivity contribution in [2.75, 3.05) is 25.1 Å². The average molecular weight is 336 g/mol. The zero-order valence-electron chi connectivity index (χ0n) is 14.5. The quantitative estimate of drug-likeness (QED) is 0.847. The summed E-state index contributed by atoms with van der Waals surface area (Å²) in [5.74, 6) is 0.735. The normalized spacial score (nSPS) is 17.4. The van der Waals surface area contributed by atoms with Gasteiger partial charge in [0.2, 0.25) is 0 Å². The highest BCUT2D eigenvalue weighted by Gasteiger charge is 2.33. The summed E-state index contributed by atoms with van der Waals surface area (Å²) in [5.41, 5.74) is 1.65. The van der Waals surface area contributed by atoms with Crippen LogP contribution in [0.5, 0.6) is 0 Å². The maximum Gasteiger partial charge on any atom is 0.142 e. The van der Waals surface area contributed by atoms with Gasteiger partial charge in [0, 0.05) is 31.3 Å². The van der Waals surface area contributed by atoms with Crippen LogP contribution in [0.3, 0.4) is 0 Å². The van der Waals surface area contributed by atoms with Gasteiger partial charge < -0.3 is 15.4 Å². The molecule has 2 aromatic rings. The fourth-order valence-electron chi connectivity index (χ4n) is 3.27. The lowest BCUT2D eigenvalue weighted by Crippen LogP contribution is -2.54. The number of ether oxygens (including phenoxy) is 1. The van der Waals surface area contributed by atoms with Crippen molar-refractivity contribution in [1.29, 1.82) is 5.26 Å². The van der Waals surface area contributed by atoms with Gasteiger partial charge in [-0.15, -0.1) is 0 Å². The van der Waals surface area contributed by atoms with Crippen LogP contribution in [0.2, 0.25) is 0 Å². The van der Waals surface area contributed by atoms with Crippen LogP contribution in [0.4, 0.5) is 5.82 Å². The second-order valence-electron chi connectivity index (χ2n) is 6.54. The Balaban J connectivity index is 1.71. The molecule has 130 valence electrons. The van der Waals surface area contributed by atoms with Crippen LogP contribution in [0.15, 0.2) is 48.5 Å². The minimum Gasteiger partial charge on any atom is -0.381 e. The zero-order valence-corrected chi connectivity index (χ0v) is 14.5. The van der Waals surface area contributed by atoms with Crippen LogP contribution in [0.25, 0.3) is 0 Å². The van der Waals surface area contributed by atoms with Gasteiger partial charge in [-0.1, -0.05) is 36.4 Å². The molecule has 1 atom stereocenters. The molecule has 5 nitrogen and oxygen atoms in total. The van der Waals surface area contributed by atoms with Crippen LogP contribution in [-0.4, -0.2) is 30.3 Å². The van der Waals surface area contributed by atoms with Gasteiger partial charge in [0.25, 0.3) is 0 Å². The van der Waals surface area contributed by atoms with Gasteiger partial charge in [0.1, 0.15) is 17.6 Å². The topological polar surface area (TPSA) is 70.0 Å². The molecule has 2 N–H and O–H groups in total. The Morgan fingerprint density at radius 3 is 2.64 bits per heavy atom. The maximum absolute atomic E-state index is 9.01. The van der Waals surface area contributed by atoms with Gasteiger partial charge in [0.15, 0.2) is 0 Å². The van der Waals surface area contributed by atoms with E-state index in [2.05, 4.69) is 52.9 Å². The van der Waals surface area contributed by atoms with Crippen LogP contribution < -0.4 is 10.6 Å². The molecule has 1 aromatic heterocycles. The van der Waals surface area contributed by atoms with E-state index in [1.165, 1.54) is 5.56 Å². The maximum atomic E-state index is 9.01. The van der Waals surface area contributed by atoms with E-state index < -0.39 is 0 Å². The van der Waals surface area contributed by atoms with Crippen LogP contribution in [0, 0.1) is 11.3 Å². The predicted molar refractivity (Wildman–Crippen MR) is 98.2 cm³/mol. The van der Waals surface area contributed by atoms with E-state index in [1.807, 2.05) is 18.2 Å². The molecular formula is C20H24N4O. The molecule has 0 spiro atoms. The number of nitrogens with zero attached hydrogens (tertiary/aromatic N) is 2. The van der Waals surface area contributed by atoms with Crippen molar-refractivity contribution in [3.8, 4) is 6.07 Å². The molecule has 1 aromatic carbocycles. The van der Waals surface area contributed by atoms with Crippen molar-refractivity contribution in [3.05, 3.63) is 59.8 Å². The third kappa shape index (κ3) is 4.56. The predicted octanol–water partition coefficient (Wildman–Crippen LogP) is 3.27. The molecule has 0 bridgehead atoms. The van der Waals surface area contributed by atoms with Crippen LogP contribution in [-0.2, 0) is 4.74 Å². The molecule has 2 heterocycles. The zero-order chi connectivity index (χ0) is 17.5. The molecule has 5 heteroatoms. The van der Waals surface area contributed by atoms with Crippen molar-refractivity contribution in [2.24, 2.45) is 0 Å². The SMILES string of the molecule is CC(NC1(CNc2cccc(C#N)n2)CCOCC1)c1ccccc1. The number of nitrogens with one attached hydrogen (secondary N) is 2. The molecule has 1 fully saturated rings. The van der Waals surface area contributed by atoms with Gasteiger partial charge in [-0.3, -0.25) is 0 Å². The number of hydrogen-bond donors (Lipinski definition) is 2. The smallest absolute Gasteiger partial charge is 0.142 e. The lowest BCUT2D eigenvalue weighted by atomic mass is 9.88. The molecule has 1 unspecified atom stereocenters. The molecule has 0 amide bonds. The highest BCUT2D eigenvalue weighted by Crippen LogP contribution is 2.26. The molecule has 1 saturated heterocycles. The molecule has 1 aliphatic heterocycles. The number of rotatable bonds is 6. The van der Waals surface area contributed by atoms with Crippen molar-refractivity contribution >= 4 is 5.82 Å². The number of benzene rings is 1. The summed E-state index contributed by atoms with van der Waals surface area (Å²) in [5, 5.41) is 16.2. The molecule has 0 radical (unpaired) electrons. The Morgan fingerprint density at radius 1 is 1.16 bits per heavy atom. The van der Waals surface area contributed by atoms with Crippen molar-refractivity contribution in [2.45, 2.75) is 31.3 Å². The monoisotopic (exact) mass is 336 g/mol. The van der Waals surface area contributed by atoms with Gasteiger partial charge in [0.05, 0.1) is 0 Å². The van der Waals surface area contributed by atoms with Crippen LogP contribution >= 0.6 is 0 Å². The lowest BCUT2D eigenvalue weighted by Gasteiger charge is -2.40. The Bertz CT molecular complexity index is 720. The molecule has 0 saturated carbocycles. The number of anilines is 1. The Labute approximate surface area is 149 Å². The fraction of sp³-hybridized carbons (Fsp3) is 0.400. The standard InChI is InChI=1S/C20H24N4O/c1-16(17-6-3-2-4-7-17)24-20(10-12-25-13-11-20)15-22-19-9-5-8-18(14-21)23-19/h2-9,16,24H,10-13,15H2,1H3,(H,22,23). The van der Waals surface area contributed by atoms with Crippen molar-refractivity contribution in [3.63, 3.8) is 0 Å². The second-order valence-corrected chi connectivity index (χ2v) is 6.54. The highest BCUT2D eigenvalue weighted by molar-refractivity contribution is 5.39. The molecule has 25 heavy (non-hydrogen) atoms. The fourth-order valence-corrected chi connectivity index (χ4v) is 3.27. The first-order valence-corrected chi connectivity index (χ1v) is 8.72. The summed E-state index contributed by atoms with van der Waals surface area (Å²) in [7, 11) is 0. The number of aromatic nitrogens is 1. The summed E-state index contributed by atoms with van der Waals surface area (Å²) < 4.78 is 5.57. The van der Waals surface area contributed by atoms with Crippen molar-refractivity contribution < 1.29 is 4.74 Å². The summed E-state index contributed by atoms with van der Waals surface area (Å²) in [6.07, 6.45) is 1.88. The summed E-state index contributed by atoms with van der Waals surface area (Å²) in [6.45, 7) is 4.44. The molecule has 0 aliphatic carbocycles. The van der Waals surface area contributed by atoms with E-state index in [-0.39, 0.29) is 11.6 Å². The Kier molecular flexibility index (Phi) is 5.64. The van der Waals surface area contributed by atoms with Gasteiger partial charge in [-0.05, 0) is 37.5 Å². The Hall–Kier alpha value is -2.42. The first-order chi connectivity index (χ1) is 12.2. The number of pyridine rings is 1. The van der Waals surface area contributed by atoms with Crippen molar-refractivity contribution in [1.82, 2.24) is 10.3 Å². The highest BCUT2D eigenvalue weighted by atomic mass is 16.5. The third-order valence-electron chi connectivity index (χ3n) is 4.74. The van der Waals surface area contributed by atoms with E-state index in [9.17, 15) is 0 Å². The van der Waals surface area contributed by atoms with Gasteiger partial charge in [-0.25, -0.2) is 4.98 Å². The summed E-state index contributed by atoms with van der Waals surface area (Å²) in [4.78, 5) is 4.31. The first kappa shape index (κ1) is 17.4. The second kappa shape index (κ2) is 8.11. The first-order valence-electron chi connectivity index (χ1n) is 8.72. The number of hydrogen-bond acceptors (Lipinski definition) is 5. The van der Waals surface area contributed by atoms with E-state index >= 15 is 0 Å². The minimum absolute atomic E-state index is 0.0577. The molecule has 3 rings (SSSR count). The van der Waals surface area contributed by atoms with E-state index in [0.29, 0.717) is 5.69 Å². The number of nitriles is 1.